The van der Waals surface area contributed by atoms with Gasteiger partial charge in [0.05, 0.1) is 0 Å². The topological polar surface area (TPSA) is 42.7 Å². The highest BCUT2D eigenvalue weighted by Gasteiger charge is 2.20. The number of nitrogens with zero attached hydrogens (tertiary/aromatic N) is 3. The zero-order valence-electron chi connectivity index (χ0n) is 9.52. The number of hydrogen-bond acceptors (Lipinski definition) is 3. The van der Waals surface area contributed by atoms with Crippen molar-refractivity contribution in [2.45, 2.75) is 13.5 Å². The largest absolute Gasteiger partial charge is 0.354 e. The van der Waals surface area contributed by atoms with Gasteiger partial charge in [-0.05, 0) is 18.1 Å². The van der Waals surface area contributed by atoms with Crippen LogP contribution in [0.25, 0.3) is 11.4 Å². The van der Waals surface area contributed by atoms with Gasteiger partial charge in [0, 0.05) is 18.7 Å². The minimum atomic E-state index is -0.253. The highest BCUT2D eigenvalue weighted by atomic mass is 19.1. The number of anilines is 1. The lowest BCUT2D eigenvalue weighted by Crippen LogP contribution is -2.25. The Morgan fingerprint density at radius 1 is 1.41 bits per heavy atom. The molecule has 0 bridgehead atoms. The lowest BCUT2D eigenvalue weighted by Gasteiger charge is -2.22. The molecule has 0 amide bonds. The summed E-state index contributed by atoms with van der Waals surface area (Å²) >= 11 is 0. The van der Waals surface area contributed by atoms with Crippen molar-refractivity contribution in [3.63, 3.8) is 0 Å². The van der Waals surface area contributed by atoms with E-state index in [0.717, 1.165) is 30.4 Å². The lowest BCUT2D eigenvalue weighted by molar-refractivity contribution is 0.480. The third-order valence-corrected chi connectivity index (χ3v) is 2.94. The van der Waals surface area contributed by atoms with Crippen molar-refractivity contribution >= 4 is 5.95 Å². The van der Waals surface area contributed by atoms with Gasteiger partial charge in [-0.3, -0.25) is 4.57 Å². The Labute approximate surface area is 98.5 Å². The van der Waals surface area contributed by atoms with Crippen LogP contribution in [-0.2, 0) is 6.54 Å². The molecule has 3 rings (SSSR count). The molecule has 4 nitrogen and oxygen atoms in total. The molecule has 17 heavy (non-hydrogen) atoms. The van der Waals surface area contributed by atoms with Gasteiger partial charge in [-0.1, -0.05) is 19.1 Å². The molecule has 0 spiro atoms. The molecule has 5 heteroatoms. The highest BCUT2D eigenvalue weighted by molar-refractivity contribution is 5.57. The van der Waals surface area contributed by atoms with Crippen LogP contribution in [0.2, 0.25) is 0 Å². The minimum absolute atomic E-state index is 0.253. The molecule has 0 radical (unpaired) electrons. The summed E-state index contributed by atoms with van der Waals surface area (Å²) < 4.78 is 15.2. The van der Waals surface area contributed by atoms with E-state index in [1.54, 1.807) is 6.07 Å². The Hall–Kier alpha value is -1.91. The summed E-state index contributed by atoms with van der Waals surface area (Å²) in [5.41, 5.74) is 0.764. The van der Waals surface area contributed by atoms with Crippen LogP contribution >= 0.6 is 0 Å². The molecule has 0 saturated heterocycles. The van der Waals surface area contributed by atoms with Crippen LogP contribution in [0.5, 0.6) is 0 Å². The molecule has 1 aromatic heterocycles. The predicted octanol–water partition coefficient (Wildman–Crippen LogP) is 2.15. The maximum atomic E-state index is 13.2. The predicted molar refractivity (Wildman–Crippen MR) is 63.1 cm³/mol. The van der Waals surface area contributed by atoms with Crippen LogP contribution in [-0.4, -0.2) is 21.3 Å². The molecule has 88 valence electrons. The number of aromatic nitrogens is 3. The number of benzene rings is 1. The minimum Gasteiger partial charge on any atom is -0.354 e. The van der Waals surface area contributed by atoms with Crippen molar-refractivity contribution in [1.29, 1.82) is 0 Å². The Kier molecular flexibility index (Phi) is 2.31. The fourth-order valence-electron chi connectivity index (χ4n) is 2.09. The maximum Gasteiger partial charge on any atom is 0.224 e. The van der Waals surface area contributed by atoms with Crippen LogP contribution in [0.4, 0.5) is 10.3 Å². The molecule has 1 aromatic carbocycles. The average molecular weight is 232 g/mol. The molecular formula is C12H13FN4. The molecular weight excluding hydrogens is 219 g/mol. The van der Waals surface area contributed by atoms with Gasteiger partial charge in [-0.2, -0.15) is 0 Å². The van der Waals surface area contributed by atoms with Crippen molar-refractivity contribution in [2.24, 2.45) is 5.92 Å². The summed E-state index contributed by atoms with van der Waals surface area (Å²) in [6.07, 6.45) is 0. The normalized spacial score (nSPS) is 18.6. The van der Waals surface area contributed by atoms with Crippen LogP contribution < -0.4 is 5.32 Å². The van der Waals surface area contributed by atoms with Gasteiger partial charge < -0.3 is 5.32 Å². The van der Waals surface area contributed by atoms with E-state index in [-0.39, 0.29) is 5.82 Å². The van der Waals surface area contributed by atoms with E-state index in [4.69, 9.17) is 0 Å². The van der Waals surface area contributed by atoms with Gasteiger partial charge in [0.2, 0.25) is 5.95 Å². The van der Waals surface area contributed by atoms with Crippen LogP contribution in [0, 0.1) is 11.7 Å². The fraction of sp³-hybridized carbons (Fsp3) is 0.333. The Morgan fingerprint density at radius 3 is 3.12 bits per heavy atom. The quantitative estimate of drug-likeness (QED) is 0.819. The summed E-state index contributed by atoms with van der Waals surface area (Å²) in [5.74, 6) is 1.75. The second-order valence-corrected chi connectivity index (χ2v) is 4.45. The van der Waals surface area contributed by atoms with E-state index in [9.17, 15) is 4.39 Å². The first-order chi connectivity index (χ1) is 8.24. The van der Waals surface area contributed by atoms with Crippen molar-refractivity contribution in [1.82, 2.24) is 14.8 Å². The third kappa shape index (κ3) is 1.77. The molecule has 1 N–H and O–H groups in total. The summed E-state index contributed by atoms with van der Waals surface area (Å²) in [6.45, 7) is 3.92. The van der Waals surface area contributed by atoms with Gasteiger partial charge in [0.1, 0.15) is 5.82 Å². The summed E-state index contributed by atoms with van der Waals surface area (Å²) in [4.78, 5) is 0. The molecule has 0 aliphatic carbocycles. The molecule has 2 heterocycles. The SMILES string of the molecule is CC1CNc2nnc(-c3cccc(F)c3)n2C1. The fourth-order valence-corrected chi connectivity index (χ4v) is 2.09. The second kappa shape index (κ2) is 3.84. The van der Waals surface area contributed by atoms with Gasteiger partial charge in [0.25, 0.3) is 0 Å². The molecule has 0 fully saturated rings. The average Bonchev–Trinajstić information content (AvgIpc) is 2.71. The standard InChI is InChI=1S/C12H13FN4/c1-8-6-14-12-16-15-11(17(12)7-8)9-3-2-4-10(13)5-9/h2-5,8H,6-7H2,1H3,(H,14,16). The molecule has 1 unspecified atom stereocenters. The van der Waals surface area contributed by atoms with Gasteiger partial charge in [-0.25, -0.2) is 4.39 Å². The number of rotatable bonds is 1. The van der Waals surface area contributed by atoms with Crippen molar-refractivity contribution in [3.8, 4) is 11.4 Å². The van der Waals surface area contributed by atoms with E-state index >= 15 is 0 Å². The zero-order valence-corrected chi connectivity index (χ0v) is 9.52. The number of nitrogens with one attached hydrogen (secondary N) is 1. The van der Waals surface area contributed by atoms with Crippen molar-refractivity contribution in [3.05, 3.63) is 30.1 Å². The maximum absolute atomic E-state index is 13.2. The highest BCUT2D eigenvalue weighted by Crippen LogP contribution is 2.25. The first-order valence-corrected chi connectivity index (χ1v) is 5.67. The van der Waals surface area contributed by atoms with E-state index in [0.29, 0.717) is 5.92 Å². The Morgan fingerprint density at radius 2 is 2.29 bits per heavy atom. The number of fused-ring (bicyclic) bond motifs is 1. The summed E-state index contributed by atoms with van der Waals surface area (Å²) in [6, 6.07) is 6.44. The van der Waals surface area contributed by atoms with E-state index in [2.05, 4.69) is 22.4 Å². The molecule has 0 saturated carbocycles. The van der Waals surface area contributed by atoms with Crippen LogP contribution in [0.3, 0.4) is 0 Å². The van der Waals surface area contributed by atoms with Crippen molar-refractivity contribution < 1.29 is 4.39 Å². The number of hydrogen-bond donors (Lipinski definition) is 1. The molecule has 1 atom stereocenters. The summed E-state index contributed by atoms with van der Waals surface area (Å²) in [7, 11) is 0. The third-order valence-electron chi connectivity index (χ3n) is 2.94. The summed E-state index contributed by atoms with van der Waals surface area (Å²) in [5, 5.41) is 11.4. The Balaban J connectivity index is 2.07. The van der Waals surface area contributed by atoms with Crippen LogP contribution in [0.1, 0.15) is 6.92 Å². The molecule has 1 aliphatic heterocycles. The monoisotopic (exact) mass is 232 g/mol. The van der Waals surface area contributed by atoms with Crippen LogP contribution in [0.15, 0.2) is 24.3 Å². The first kappa shape index (κ1) is 10.3. The molecule has 2 aromatic rings. The smallest absolute Gasteiger partial charge is 0.224 e. The zero-order chi connectivity index (χ0) is 11.8. The second-order valence-electron chi connectivity index (χ2n) is 4.45. The Bertz CT molecular complexity index is 549. The van der Waals surface area contributed by atoms with E-state index < -0.39 is 0 Å². The van der Waals surface area contributed by atoms with Gasteiger partial charge in [0.15, 0.2) is 5.82 Å². The lowest BCUT2D eigenvalue weighted by atomic mass is 10.1. The molecule has 1 aliphatic rings. The van der Waals surface area contributed by atoms with Crippen molar-refractivity contribution in [2.75, 3.05) is 11.9 Å². The van der Waals surface area contributed by atoms with Gasteiger partial charge in [-0.15, -0.1) is 10.2 Å². The number of halogens is 1. The van der Waals surface area contributed by atoms with Gasteiger partial charge >= 0.3 is 0 Å². The van der Waals surface area contributed by atoms with E-state index in [1.165, 1.54) is 12.1 Å². The van der Waals surface area contributed by atoms with E-state index in [1.807, 2.05) is 10.6 Å². The first-order valence-electron chi connectivity index (χ1n) is 5.67.